The fraction of sp³-hybridized carbons (Fsp3) is 0.167. The Hall–Kier alpha value is -3.46. The minimum atomic E-state index is -4.44. The fourth-order valence-electron chi connectivity index (χ4n) is 3.35. The highest BCUT2D eigenvalue weighted by Crippen LogP contribution is 2.42. The van der Waals surface area contributed by atoms with Gasteiger partial charge in [0, 0.05) is 11.4 Å². The minimum absolute atomic E-state index is 0.138. The Morgan fingerprint density at radius 2 is 1.67 bits per heavy atom. The molecule has 1 fully saturated rings. The molecule has 33 heavy (non-hydrogen) atoms. The Morgan fingerprint density at radius 1 is 1.00 bits per heavy atom. The number of carbonyl (C=O) groups is 2. The van der Waals surface area contributed by atoms with Crippen LogP contribution in [0.25, 0.3) is 0 Å². The standard InChI is InChI=1S/C24H19F3N2O3S/c25-24(26,27)17-8-12-19(13-9-17)29-22(31)15-33-23(29)16-6-10-18(11-7-16)28-21(30)14-32-20-4-2-1-3-5-20/h1-13,23H,14-15H2,(H,28,30)/t23-/m0/s1. The van der Waals surface area contributed by atoms with Crippen molar-refractivity contribution in [1.82, 2.24) is 0 Å². The summed E-state index contributed by atoms with van der Waals surface area (Å²) in [5, 5.41) is 2.37. The van der Waals surface area contributed by atoms with Crippen LogP contribution in [-0.4, -0.2) is 24.2 Å². The first-order valence-electron chi connectivity index (χ1n) is 10.00. The van der Waals surface area contributed by atoms with Crippen LogP contribution in [0.1, 0.15) is 16.5 Å². The van der Waals surface area contributed by atoms with Crippen molar-refractivity contribution in [1.29, 1.82) is 0 Å². The second-order valence-corrected chi connectivity index (χ2v) is 8.31. The van der Waals surface area contributed by atoms with Crippen LogP contribution in [0, 0.1) is 0 Å². The van der Waals surface area contributed by atoms with Gasteiger partial charge in [-0.25, -0.2) is 0 Å². The van der Waals surface area contributed by atoms with E-state index in [-0.39, 0.29) is 29.5 Å². The highest BCUT2D eigenvalue weighted by Gasteiger charge is 2.35. The first-order valence-corrected chi connectivity index (χ1v) is 11.0. The van der Waals surface area contributed by atoms with Crippen molar-refractivity contribution in [3.63, 3.8) is 0 Å². The molecule has 9 heteroatoms. The number of nitrogens with zero attached hydrogens (tertiary/aromatic N) is 1. The molecular formula is C24H19F3N2O3S. The second kappa shape index (κ2) is 9.58. The number of amides is 2. The average Bonchev–Trinajstić information content (AvgIpc) is 3.20. The molecule has 0 saturated carbocycles. The van der Waals surface area contributed by atoms with Gasteiger partial charge in [0.05, 0.1) is 11.3 Å². The number of alkyl halides is 3. The lowest BCUT2D eigenvalue weighted by atomic mass is 10.1. The van der Waals surface area contributed by atoms with E-state index >= 15 is 0 Å². The van der Waals surface area contributed by atoms with Crippen LogP contribution in [0.15, 0.2) is 78.9 Å². The van der Waals surface area contributed by atoms with Gasteiger partial charge in [0.15, 0.2) is 6.61 Å². The molecule has 1 heterocycles. The molecule has 0 aromatic heterocycles. The molecule has 1 N–H and O–H groups in total. The summed E-state index contributed by atoms with van der Waals surface area (Å²) < 4.78 is 44.0. The molecular weight excluding hydrogens is 453 g/mol. The summed E-state index contributed by atoms with van der Waals surface area (Å²) in [6, 6.07) is 20.5. The van der Waals surface area contributed by atoms with E-state index in [1.165, 1.54) is 28.8 Å². The van der Waals surface area contributed by atoms with Gasteiger partial charge in [0.2, 0.25) is 5.91 Å². The summed E-state index contributed by atoms with van der Waals surface area (Å²) in [4.78, 5) is 26.1. The zero-order chi connectivity index (χ0) is 23.4. The SMILES string of the molecule is O=C(COc1ccccc1)Nc1ccc([C@@H]2SCC(=O)N2c2ccc(C(F)(F)F)cc2)cc1. The number of hydrogen-bond donors (Lipinski definition) is 1. The lowest BCUT2D eigenvalue weighted by Crippen LogP contribution is -2.27. The molecule has 5 nitrogen and oxygen atoms in total. The maximum Gasteiger partial charge on any atom is 0.416 e. The number of nitrogens with one attached hydrogen (secondary N) is 1. The summed E-state index contributed by atoms with van der Waals surface area (Å²) in [6.45, 7) is -0.138. The van der Waals surface area contributed by atoms with Crippen molar-refractivity contribution in [2.75, 3.05) is 22.6 Å². The van der Waals surface area contributed by atoms with Gasteiger partial charge < -0.3 is 10.1 Å². The van der Waals surface area contributed by atoms with Crippen molar-refractivity contribution in [2.24, 2.45) is 0 Å². The predicted octanol–water partition coefficient (Wildman–Crippen LogP) is 5.50. The van der Waals surface area contributed by atoms with Gasteiger partial charge in [-0.05, 0) is 54.1 Å². The number of thioether (sulfide) groups is 1. The van der Waals surface area contributed by atoms with Gasteiger partial charge in [-0.1, -0.05) is 30.3 Å². The van der Waals surface area contributed by atoms with Crippen molar-refractivity contribution in [3.05, 3.63) is 90.0 Å². The minimum Gasteiger partial charge on any atom is -0.484 e. The Bertz CT molecular complexity index is 1120. The van der Waals surface area contributed by atoms with Crippen molar-refractivity contribution >= 4 is 35.0 Å². The van der Waals surface area contributed by atoms with E-state index < -0.39 is 11.7 Å². The van der Waals surface area contributed by atoms with Crippen molar-refractivity contribution < 1.29 is 27.5 Å². The zero-order valence-electron chi connectivity index (χ0n) is 17.2. The number of halogens is 3. The second-order valence-electron chi connectivity index (χ2n) is 7.24. The van der Waals surface area contributed by atoms with Crippen LogP contribution in [0.5, 0.6) is 5.75 Å². The van der Waals surface area contributed by atoms with Crippen molar-refractivity contribution in [2.45, 2.75) is 11.6 Å². The van der Waals surface area contributed by atoms with Crippen LogP contribution >= 0.6 is 11.8 Å². The molecule has 0 radical (unpaired) electrons. The maximum atomic E-state index is 12.9. The van der Waals surface area contributed by atoms with Crippen LogP contribution in [0.4, 0.5) is 24.5 Å². The van der Waals surface area contributed by atoms with Gasteiger partial charge in [-0.2, -0.15) is 13.2 Å². The van der Waals surface area contributed by atoms with E-state index in [4.69, 9.17) is 4.74 Å². The van der Waals surface area contributed by atoms with E-state index in [2.05, 4.69) is 5.32 Å². The molecule has 1 aliphatic rings. The Morgan fingerprint density at radius 3 is 2.30 bits per heavy atom. The number of carbonyl (C=O) groups excluding carboxylic acids is 2. The lowest BCUT2D eigenvalue weighted by Gasteiger charge is -2.25. The summed E-state index contributed by atoms with van der Waals surface area (Å²) in [7, 11) is 0. The van der Waals surface area contributed by atoms with E-state index in [0.29, 0.717) is 17.1 Å². The van der Waals surface area contributed by atoms with Gasteiger partial charge in [-0.3, -0.25) is 14.5 Å². The monoisotopic (exact) mass is 472 g/mol. The third-order valence-electron chi connectivity index (χ3n) is 4.93. The molecule has 1 saturated heterocycles. The highest BCUT2D eigenvalue weighted by atomic mass is 32.2. The number of hydrogen-bond acceptors (Lipinski definition) is 4. The number of anilines is 2. The topological polar surface area (TPSA) is 58.6 Å². The third-order valence-corrected chi connectivity index (χ3v) is 6.15. The smallest absolute Gasteiger partial charge is 0.416 e. The molecule has 0 unspecified atom stereocenters. The van der Waals surface area contributed by atoms with E-state index in [9.17, 15) is 22.8 Å². The van der Waals surface area contributed by atoms with E-state index in [0.717, 1.165) is 17.7 Å². The molecule has 0 spiro atoms. The van der Waals surface area contributed by atoms with Gasteiger partial charge in [0.25, 0.3) is 5.91 Å². The normalized spacial score (nSPS) is 16.0. The molecule has 3 aromatic carbocycles. The summed E-state index contributed by atoms with van der Waals surface area (Å²) >= 11 is 1.39. The third kappa shape index (κ3) is 5.48. The molecule has 0 bridgehead atoms. The fourth-order valence-corrected chi connectivity index (χ4v) is 4.53. The van der Waals surface area contributed by atoms with Crippen molar-refractivity contribution in [3.8, 4) is 5.75 Å². The van der Waals surface area contributed by atoms with Crippen LogP contribution in [0.3, 0.4) is 0 Å². The molecule has 2 amide bonds. The van der Waals surface area contributed by atoms with Gasteiger partial charge in [-0.15, -0.1) is 11.8 Å². The Balaban J connectivity index is 1.42. The Labute approximate surface area is 192 Å². The number of para-hydroxylation sites is 1. The van der Waals surface area contributed by atoms with E-state index in [1.807, 2.05) is 18.2 Å². The quantitative estimate of drug-likeness (QED) is 0.515. The van der Waals surface area contributed by atoms with Crippen LogP contribution < -0.4 is 15.0 Å². The molecule has 4 rings (SSSR count). The first kappa shape index (κ1) is 22.7. The van der Waals surface area contributed by atoms with Crippen LogP contribution in [-0.2, 0) is 15.8 Å². The van der Waals surface area contributed by atoms with E-state index in [1.54, 1.807) is 36.4 Å². The highest BCUT2D eigenvalue weighted by molar-refractivity contribution is 8.00. The molecule has 170 valence electrons. The predicted molar refractivity (Wildman–Crippen MR) is 121 cm³/mol. The molecule has 1 aliphatic heterocycles. The van der Waals surface area contributed by atoms with Crippen LogP contribution in [0.2, 0.25) is 0 Å². The summed E-state index contributed by atoms with van der Waals surface area (Å²) in [6.07, 6.45) is -4.44. The number of ether oxygens (including phenoxy) is 1. The first-order chi connectivity index (χ1) is 15.8. The number of rotatable bonds is 6. The average molecular weight is 472 g/mol. The van der Waals surface area contributed by atoms with Gasteiger partial charge >= 0.3 is 6.18 Å². The Kier molecular flexibility index (Phi) is 6.60. The molecule has 0 aliphatic carbocycles. The summed E-state index contributed by atoms with van der Waals surface area (Å²) in [5.41, 5.74) is 0.997. The zero-order valence-corrected chi connectivity index (χ0v) is 18.0. The summed E-state index contributed by atoms with van der Waals surface area (Å²) in [5.74, 6) is 0.318. The lowest BCUT2D eigenvalue weighted by molar-refractivity contribution is -0.137. The maximum absolute atomic E-state index is 12.9. The van der Waals surface area contributed by atoms with Gasteiger partial charge in [0.1, 0.15) is 11.1 Å². The largest absolute Gasteiger partial charge is 0.484 e. The molecule has 3 aromatic rings. The molecule has 1 atom stereocenters. The number of benzene rings is 3.